The number of carbonyl (C=O) groups is 4. The van der Waals surface area contributed by atoms with Gasteiger partial charge in [0, 0.05) is 87.1 Å². The maximum absolute atomic E-state index is 13.5. The molecule has 208 valence electrons. The quantitative estimate of drug-likeness (QED) is 0.272. The van der Waals surface area contributed by atoms with Gasteiger partial charge in [0.1, 0.15) is 12.1 Å². The number of aromatic nitrogens is 2. The largest absolute Gasteiger partial charge is 0.361 e. The third-order valence-corrected chi connectivity index (χ3v) is 7.45. The summed E-state index contributed by atoms with van der Waals surface area (Å²) >= 11 is 0. The van der Waals surface area contributed by atoms with E-state index in [2.05, 4.69) is 20.6 Å². The van der Waals surface area contributed by atoms with E-state index in [1.54, 1.807) is 9.80 Å². The first-order chi connectivity index (χ1) is 19.3. The number of hydrogen-bond acceptors (Lipinski definition) is 4. The first kappa shape index (κ1) is 27.0. The second-order valence-corrected chi connectivity index (χ2v) is 10.3. The Kier molecular flexibility index (Phi) is 7.86. The Morgan fingerprint density at radius 2 is 1.05 bits per heavy atom. The highest BCUT2D eigenvalue weighted by Gasteiger charge is 2.33. The molecule has 0 spiro atoms. The van der Waals surface area contributed by atoms with Crippen LogP contribution in [0.4, 0.5) is 0 Å². The number of aromatic amines is 2. The van der Waals surface area contributed by atoms with E-state index in [0.29, 0.717) is 39.0 Å². The average molecular weight is 543 g/mol. The molecule has 4 N–H and O–H groups in total. The van der Waals surface area contributed by atoms with Gasteiger partial charge in [-0.3, -0.25) is 19.2 Å². The lowest BCUT2D eigenvalue weighted by molar-refractivity contribution is -0.143. The van der Waals surface area contributed by atoms with Crippen LogP contribution in [0.2, 0.25) is 0 Å². The number of hydrogen-bond donors (Lipinski definition) is 4. The van der Waals surface area contributed by atoms with Crippen molar-refractivity contribution >= 4 is 45.4 Å². The molecule has 3 heterocycles. The van der Waals surface area contributed by atoms with Crippen LogP contribution in [0.15, 0.2) is 60.9 Å². The number of piperazine rings is 1. The number of amides is 4. The minimum absolute atomic E-state index is 0.176. The molecule has 4 amide bonds. The van der Waals surface area contributed by atoms with Crippen LogP contribution < -0.4 is 10.6 Å². The summed E-state index contributed by atoms with van der Waals surface area (Å²) in [6.45, 7) is 4.18. The minimum Gasteiger partial charge on any atom is -0.361 e. The Morgan fingerprint density at radius 1 is 0.675 bits per heavy atom. The number of nitrogens with one attached hydrogen (secondary N) is 4. The first-order valence-corrected chi connectivity index (χ1v) is 13.5. The van der Waals surface area contributed by atoms with Crippen LogP contribution in [0.5, 0.6) is 0 Å². The van der Waals surface area contributed by atoms with Crippen LogP contribution in [-0.4, -0.2) is 81.7 Å². The van der Waals surface area contributed by atoms with Crippen LogP contribution >= 0.6 is 0 Å². The highest BCUT2D eigenvalue weighted by molar-refractivity contribution is 5.91. The predicted molar refractivity (Wildman–Crippen MR) is 152 cm³/mol. The molecule has 1 fully saturated rings. The van der Waals surface area contributed by atoms with E-state index in [-0.39, 0.29) is 23.6 Å². The van der Waals surface area contributed by atoms with Crippen LogP contribution in [0.3, 0.4) is 0 Å². The molecule has 10 heteroatoms. The second kappa shape index (κ2) is 11.6. The van der Waals surface area contributed by atoms with Crippen molar-refractivity contribution in [3.63, 3.8) is 0 Å². The summed E-state index contributed by atoms with van der Waals surface area (Å²) in [5, 5.41) is 7.66. The molecule has 0 radical (unpaired) electrons. The standard InChI is InChI=1S/C30H34N6O4/c1-19(37)33-27(15-21-17-31-25-9-5-3-7-23(21)25)29(39)35-11-13-36(14-12-35)30(40)28(34-20(2)38)16-22-18-32-26-10-6-4-8-24(22)26/h3-10,17-18,27-28,31-32H,11-16H2,1-2H3,(H,33,37)(H,34,38)/t27-,28-/m1/s1. The monoisotopic (exact) mass is 542 g/mol. The van der Waals surface area contributed by atoms with Crippen LogP contribution in [-0.2, 0) is 32.0 Å². The van der Waals surface area contributed by atoms with E-state index < -0.39 is 12.1 Å². The van der Waals surface area contributed by atoms with E-state index in [0.717, 1.165) is 32.9 Å². The molecule has 0 saturated carbocycles. The molecule has 4 aromatic rings. The smallest absolute Gasteiger partial charge is 0.245 e. The topological polar surface area (TPSA) is 130 Å². The lowest BCUT2D eigenvalue weighted by Crippen LogP contribution is -2.58. The Hall–Kier alpha value is -4.60. The zero-order chi connectivity index (χ0) is 28.2. The fourth-order valence-corrected chi connectivity index (χ4v) is 5.52. The third kappa shape index (κ3) is 5.85. The van der Waals surface area contributed by atoms with Gasteiger partial charge < -0.3 is 30.4 Å². The van der Waals surface area contributed by atoms with Gasteiger partial charge in [-0.25, -0.2) is 0 Å². The fourth-order valence-electron chi connectivity index (χ4n) is 5.52. The summed E-state index contributed by atoms with van der Waals surface area (Å²) in [4.78, 5) is 60.8. The summed E-state index contributed by atoms with van der Waals surface area (Å²) in [5.74, 6) is -0.903. The molecule has 10 nitrogen and oxygen atoms in total. The molecule has 2 aromatic heterocycles. The lowest BCUT2D eigenvalue weighted by Gasteiger charge is -2.38. The van der Waals surface area contributed by atoms with Gasteiger partial charge in [-0.15, -0.1) is 0 Å². The average Bonchev–Trinajstić information content (AvgIpc) is 3.55. The number of H-pyrrole nitrogens is 2. The van der Waals surface area contributed by atoms with E-state index in [1.807, 2.05) is 60.9 Å². The van der Waals surface area contributed by atoms with Gasteiger partial charge in [-0.2, -0.15) is 0 Å². The van der Waals surface area contributed by atoms with Gasteiger partial charge >= 0.3 is 0 Å². The third-order valence-electron chi connectivity index (χ3n) is 7.45. The van der Waals surface area contributed by atoms with Crippen LogP contribution in [0.25, 0.3) is 21.8 Å². The number of carbonyl (C=O) groups excluding carboxylic acids is 4. The molecule has 5 rings (SSSR count). The van der Waals surface area contributed by atoms with Crippen molar-refractivity contribution in [2.45, 2.75) is 38.8 Å². The van der Waals surface area contributed by atoms with Gasteiger partial charge in [0.05, 0.1) is 0 Å². The molecule has 2 atom stereocenters. The highest BCUT2D eigenvalue weighted by atomic mass is 16.2. The Morgan fingerprint density at radius 3 is 1.43 bits per heavy atom. The van der Waals surface area contributed by atoms with Gasteiger partial charge in [0.25, 0.3) is 0 Å². The minimum atomic E-state index is -0.715. The molecule has 0 unspecified atom stereocenters. The molecule has 2 aromatic carbocycles. The Bertz CT molecular complexity index is 1430. The first-order valence-electron chi connectivity index (χ1n) is 13.5. The predicted octanol–water partition coefficient (Wildman–Crippen LogP) is 2.11. The number of para-hydroxylation sites is 2. The second-order valence-electron chi connectivity index (χ2n) is 10.3. The molecule has 0 bridgehead atoms. The van der Waals surface area contributed by atoms with Crippen molar-refractivity contribution in [2.24, 2.45) is 0 Å². The molecular formula is C30H34N6O4. The van der Waals surface area contributed by atoms with Crippen molar-refractivity contribution in [3.8, 4) is 0 Å². The molecule has 40 heavy (non-hydrogen) atoms. The van der Waals surface area contributed by atoms with E-state index >= 15 is 0 Å². The zero-order valence-corrected chi connectivity index (χ0v) is 22.7. The van der Waals surface area contributed by atoms with Crippen molar-refractivity contribution < 1.29 is 19.2 Å². The van der Waals surface area contributed by atoms with Gasteiger partial charge in [0.15, 0.2) is 0 Å². The number of fused-ring (bicyclic) bond motifs is 2. The maximum Gasteiger partial charge on any atom is 0.245 e. The van der Waals surface area contributed by atoms with Crippen LogP contribution in [0.1, 0.15) is 25.0 Å². The van der Waals surface area contributed by atoms with Gasteiger partial charge in [-0.05, 0) is 23.3 Å². The van der Waals surface area contributed by atoms with E-state index in [9.17, 15) is 19.2 Å². The number of rotatable bonds is 8. The molecule has 1 aliphatic rings. The molecule has 0 aliphatic carbocycles. The normalized spacial score (nSPS) is 15.2. The summed E-state index contributed by atoms with van der Waals surface area (Å²) < 4.78 is 0. The summed E-state index contributed by atoms with van der Waals surface area (Å²) in [6.07, 6.45) is 4.46. The molecule has 1 aliphatic heterocycles. The van der Waals surface area contributed by atoms with E-state index in [4.69, 9.17) is 0 Å². The summed E-state index contributed by atoms with van der Waals surface area (Å²) in [5.41, 5.74) is 3.85. The number of benzene rings is 2. The molecule has 1 saturated heterocycles. The zero-order valence-electron chi connectivity index (χ0n) is 22.7. The van der Waals surface area contributed by atoms with Gasteiger partial charge in [0.2, 0.25) is 23.6 Å². The van der Waals surface area contributed by atoms with E-state index in [1.165, 1.54) is 13.8 Å². The van der Waals surface area contributed by atoms with Crippen molar-refractivity contribution in [3.05, 3.63) is 72.1 Å². The summed E-state index contributed by atoms with van der Waals surface area (Å²) in [7, 11) is 0. The fraction of sp³-hybridized carbons (Fsp3) is 0.333. The van der Waals surface area contributed by atoms with Crippen molar-refractivity contribution in [1.29, 1.82) is 0 Å². The maximum atomic E-state index is 13.5. The number of nitrogens with zero attached hydrogens (tertiary/aromatic N) is 2. The van der Waals surface area contributed by atoms with Crippen LogP contribution in [0, 0.1) is 0 Å². The van der Waals surface area contributed by atoms with Gasteiger partial charge in [-0.1, -0.05) is 36.4 Å². The Balaban J connectivity index is 1.25. The summed E-state index contributed by atoms with van der Waals surface area (Å²) in [6, 6.07) is 14.3. The van der Waals surface area contributed by atoms with Crippen molar-refractivity contribution in [1.82, 2.24) is 30.4 Å². The lowest BCUT2D eigenvalue weighted by atomic mass is 10.0. The Labute approximate surface area is 232 Å². The SMILES string of the molecule is CC(=O)N[C@H](Cc1c[nH]c2ccccc12)C(=O)N1CCN(C(=O)[C@@H](Cc2c[nH]c3ccccc23)NC(C)=O)CC1. The molecular weight excluding hydrogens is 508 g/mol. The highest BCUT2D eigenvalue weighted by Crippen LogP contribution is 2.21. The van der Waals surface area contributed by atoms with Crippen molar-refractivity contribution in [2.75, 3.05) is 26.2 Å².